The second-order valence-electron chi connectivity index (χ2n) is 5.68. The molecule has 24 heavy (non-hydrogen) atoms. The number of nitrogens with two attached hydrogens (primary N) is 1. The minimum Gasteiger partial charge on any atom is -0.506 e. The number of anilines is 1. The van der Waals surface area contributed by atoms with E-state index in [9.17, 15) is 5.11 Å². The van der Waals surface area contributed by atoms with Gasteiger partial charge in [-0.3, -0.25) is 0 Å². The Morgan fingerprint density at radius 3 is 2.04 bits per heavy atom. The van der Waals surface area contributed by atoms with E-state index in [0.717, 1.165) is 33.3 Å². The number of pyridine rings is 1. The van der Waals surface area contributed by atoms with Gasteiger partial charge in [0, 0.05) is 10.9 Å². The van der Waals surface area contributed by atoms with Gasteiger partial charge in [-0.05, 0) is 29.3 Å². The van der Waals surface area contributed by atoms with Gasteiger partial charge in [-0.15, -0.1) is 0 Å². The molecule has 3 heteroatoms. The molecule has 3 nitrogen and oxygen atoms in total. The first kappa shape index (κ1) is 14.3. The Bertz CT molecular complexity index is 1010. The minimum absolute atomic E-state index is 0.0777. The van der Waals surface area contributed by atoms with Crippen LogP contribution in [0.25, 0.3) is 33.3 Å². The molecule has 4 rings (SSSR count). The van der Waals surface area contributed by atoms with Crippen LogP contribution in [-0.2, 0) is 0 Å². The Morgan fingerprint density at radius 2 is 1.38 bits per heavy atom. The number of phenolic OH excluding ortho intramolecular Hbond substituents is 1. The molecule has 0 spiro atoms. The molecule has 0 atom stereocenters. The van der Waals surface area contributed by atoms with E-state index in [4.69, 9.17) is 10.7 Å². The van der Waals surface area contributed by atoms with Crippen LogP contribution in [0.2, 0.25) is 0 Å². The van der Waals surface area contributed by atoms with Gasteiger partial charge in [0.25, 0.3) is 0 Å². The van der Waals surface area contributed by atoms with Crippen molar-refractivity contribution in [1.82, 2.24) is 4.98 Å². The zero-order chi connectivity index (χ0) is 16.5. The molecule has 0 radical (unpaired) electrons. The molecule has 0 saturated heterocycles. The van der Waals surface area contributed by atoms with Crippen LogP contribution >= 0.6 is 0 Å². The Hall–Kier alpha value is -3.33. The summed E-state index contributed by atoms with van der Waals surface area (Å²) in [5, 5.41) is 10.8. The summed E-state index contributed by atoms with van der Waals surface area (Å²) in [6.45, 7) is 0. The lowest BCUT2D eigenvalue weighted by atomic mass is 9.97. The molecule has 0 aliphatic carbocycles. The quantitative estimate of drug-likeness (QED) is 0.410. The van der Waals surface area contributed by atoms with Crippen LogP contribution in [0.5, 0.6) is 5.75 Å². The molecule has 0 amide bonds. The maximum atomic E-state index is 10.0. The van der Waals surface area contributed by atoms with Crippen molar-refractivity contribution in [3.63, 3.8) is 0 Å². The molecule has 0 aliphatic heterocycles. The monoisotopic (exact) mass is 312 g/mol. The summed E-state index contributed by atoms with van der Waals surface area (Å²) in [6.07, 6.45) is 0. The van der Waals surface area contributed by atoms with Crippen LogP contribution in [0.4, 0.5) is 5.69 Å². The van der Waals surface area contributed by atoms with E-state index >= 15 is 0 Å². The number of aromatic hydroxyl groups is 1. The average molecular weight is 312 g/mol. The highest BCUT2D eigenvalue weighted by molar-refractivity contribution is 6.05. The van der Waals surface area contributed by atoms with Crippen LogP contribution in [0.3, 0.4) is 0 Å². The van der Waals surface area contributed by atoms with Gasteiger partial charge in [0.2, 0.25) is 0 Å². The second kappa shape index (κ2) is 5.70. The number of rotatable bonds is 2. The van der Waals surface area contributed by atoms with Crippen LogP contribution in [0.1, 0.15) is 0 Å². The smallest absolute Gasteiger partial charge is 0.139 e. The summed E-state index contributed by atoms with van der Waals surface area (Å²) in [5.74, 6) is 0.0777. The van der Waals surface area contributed by atoms with E-state index in [-0.39, 0.29) is 5.75 Å². The molecular weight excluding hydrogens is 296 g/mol. The molecule has 3 aromatic carbocycles. The minimum atomic E-state index is 0.0777. The Morgan fingerprint density at radius 1 is 0.750 bits per heavy atom. The van der Waals surface area contributed by atoms with Crippen molar-refractivity contribution in [1.29, 1.82) is 0 Å². The summed E-state index contributed by atoms with van der Waals surface area (Å²) in [4.78, 5) is 4.74. The number of fused-ring (bicyclic) bond motifs is 1. The molecule has 0 fully saturated rings. The van der Waals surface area contributed by atoms with E-state index in [1.165, 1.54) is 0 Å². The number of benzene rings is 3. The van der Waals surface area contributed by atoms with Gasteiger partial charge in [0.05, 0.1) is 16.9 Å². The van der Waals surface area contributed by atoms with Crippen molar-refractivity contribution >= 4 is 16.6 Å². The molecule has 0 unspecified atom stereocenters. The van der Waals surface area contributed by atoms with Gasteiger partial charge in [0.15, 0.2) is 0 Å². The fourth-order valence-corrected chi connectivity index (χ4v) is 2.95. The number of hydrogen-bond acceptors (Lipinski definition) is 3. The largest absolute Gasteiger partial charge is 0.506 e. The van der Waals surface area contributed by atoms with Crippen molar-refractivity contribution in [2.75, 3.05) is 5.73 Å². The lowest BCUT2D eigenvalue weighted by Crippen LogP contribution is -1.95. The maximum absolute atomic E-state index is 10.0. The van der Waals surface area contributed by atoms with Gasteiger partial charge in [-0.1, -0.05) is 60.7 Å². The molecule has 1 heterocycles. The van der Waals surface area contributed by atoms with E-state index < -0.39 is 0 Å². The molecule has 3 N–H and O–H groups in total. The molecule has 116 valence electrons. The van der Waals surface area contributed by atoms with Gasteiger partial charge in [0.1, 0.15) is 5.75 Å². The first-order valence-corrected chi connectivity index (χ1v) is 7.77. The maximum Gasteiger partial charge on any atom is 0.139 e. The van der Waals surface area contributed by atoms with E-state index in [1.807, 2.05) is 66.7 Å². The zero-order valence-corrected chi connectivity index (χ0v) is 13.0. The first-order valence-electron chi connectivity index (χ1n) is 7.77. The molecule has 4 aromatic rings. The van der Waals surface area contributed by atoms with Gasteiger partial charge >= 0.3 is 0 Å². The summed E-state index contributed by atoms with van der Waals surface area (Å²) in [5.41, 5.74) is 11.2. The Kier molecular flexibility index (Phi) is 3.39. The van der Waals surface area contributed by atoms with Crippen molar-refractivity contribution in [2.24, 2.45) is 0 Å². The SMILES string of the molecule is Nc1c(O)ccc2nc(-c3ccccc3)cc(-c3ccccc3)c12. The third-order valence-corrected chi connectivity index (χ3v) is 4.15. The lowest BCUT2D eigenvalue weighted by molar-refractivity contribution is 0.478. The lowest BCUT2D eigenvalue weighted by Gasteiger charge is -2.13. The third kappa shape index (κ3) is 2.36. The van der Waals surface area contributed by atoms with Crippen molar-refractivity contribution in [3.05, 3.63) is 78.9 Å². The molecule has 0 bridgehead atoms. The van der Waals surface area contributed by atoms with Gasteiger partial charge in [-0.25, -0.2) is 4.98 Å². The van der Waals surface area contributed by atoms with Crippen molar-refractivity contribution in [2.45, 2.75) is 0 Å². The van der Waals surface area contributed by atoms with Crippen molar-refractivity contribution in [3.8, 4) is 28.1 Å². The number of nitrogens with zero attached hydrogens (tertiary/aromatic N) is 1. The van der Waals surface area contributed by atoms with Crippen LogP contribution in [-0.4, -0.2) is 10.1 Å². The van der Waals surface area contributed by atoms with E-state index in [0.29, 0.717) is 5.69 Å². The molecular formula is C21H16N2O. The second-order valence-corrected chi connectivity index (χ2v) is 5.68. The van der Waals surface area contributed by atoms with Crippen molar-refractivity contribution < 1.29 is 5.11 Å². The predicted molar refractivity (Wildman–Crippen MR) is 98.7 cm³/mol. The topological polar surface area (TPSA) is 59.1 Å². The Labute approximate surface area is 140 Å². The summed E-state index contributed by atoms with van der Waals surface area (Å²) in [7, 11) is 0. The summed E-state index contributed by atoms with van der Waals surface area (Å²) in [6, 6.07) is 25.5. The zero-order valence-electron chi connectivity index (χ0n) is 13.0. The highest BCUT2D eigenvalue weighted by atomic mass is 16.3. The van der Waals surface area contributed by atoms with E-state index in [1.54, 1.807) is 12.1 Å². The van der Waals surface area contributed by atoms with Crippen LogP contribution < -0.4 is 5.73 Å². The number of nitrogen functional groups attached to an aromatic ring is 1. The van der Waals surface area contributed by atoms with Crippen LogP contribution in [0.15, 0.2) is 78.9 Å². The summed E-state index contributed by atoms with van der Waals surface area (Å²) >= 11 is 0. The highest BCUT2D eigenvalue weighted by Gasteiger charge is 2.13. The highest BCUT2D eigenvalue weighted by Crippen LogP contribution is 2.38. The molecule has 1 aromatic heterocycles. The Balaban J connectivity index is 2.08. The standard InChI is InChI=1S/C21H16N2O/c22-21-19(24)12-11-17-20(21)16(14-7-3-1-4-8-14)13-18(23-17)15-9-5-2-6-10-15/h1-13,24H,22H2. The predicted octanol–water partition coefficient (Wildman–Crippen LogP) is 4.86. The number of hydrogen-bond donors (Lipinski definition) is 2. The normalized spacial score (nSPS) is 10.8. The van der Waals surface area contributed by atoms with E-state index in [2.05, 4.69) is 0 Å². The number of phenols is 1. The molecule has 0 aliphatic rings. The number of aromatic nitrogens is 1. The average Bonchev–Trinajstić information content (AvgIpc) is 2.65. The molecule has 0 saturated carbocycles. The third-order valence-electron chi connectivity index (χ3n) is 4.15. The summed E-state index contributed by atoms with van der Waals surface area (Å²) < 4.78 is 0. The fourth-order valence-electron chi connectivity index (χ4n) is 2.95. The first-order chi connectivity index (χ1) is 11.7. The fraction of sp³-hybridized carbons (Fsp3) is 0. The van der Waals surface area contributed by atoms with Gasteiger partial charge in [-0.2, -0.15) is 0 Å². The van der Waals surface area contributed by atoms with Gasteiger partial charge < -0.3 is 10.8 Å². The van der Waals surface area contributed by atoms with Crippen LogP contribution in [0, 0.1) is 0 Å².